The molecule has 0 unspecified atom stereocenters. The summed E-state index contributed by atoms with van der Waals surface area (Å²) in [6.07, 6.45) is 0. The Labute approximate surface area is 510 Å². The number of para-hydroxylation sites is 4. The Hall–Kier alpha value is -10.9. The third-order valence-corrected chi connectivity index (χ3v) is 20.3. The van der Waals surface area contributed by atoms with Crippen molar-refractivity contribution in [3.05, 3.63) is 301 Å². The fraction of sp³-hybridized carbons (Fsp3) is 0.0714. The molecular formula is C84H58N4. The molecule has 88 heavy (non-hydrogen) atoms. The zero-order valence-electron chi connectivity index (χ0n) is 49.3. The number of rotatable bonds is 8. The van der Waals surface area contributed by atoms with Crippen LogP contribution in [0.5, 0.6) is 0 Å². The summed E-state index contributed by atoms with van der Waals surface area (Å²) in [5.41, 5.74) is 29.4. The van der Waals surface area contributed by atoms with Crippen LogP contribution in [-0.4, -0.2) is 8.80 Å². The first-order valence-electron chi connectivity index (χ1n) is 30.9. The zero-order chi connectivity index (χ0) is 58.3. The molecule has 0 saturated carbocycles. The van der Waals surface area contributed by atoms with Gasteiger partial charge in [-0.25, -0.2) is 0 Å². The summed E-state index contributed by atoms with van der Waals surface area (Å²) in [6, 6.07) is 105. The maximum Gasteiger partial charge on any atom is 0.0634 e. The minimum Gasteiger partial charge on any atom is -0.310 e. The van der Waals surface area contributed by atoms with Crippen LogP contribution in [0.3, 0.4) is 0 Å². The molecule has 414 valence electrons. The van der Waals surface area contributed by atoms with Gasteiger partial charge in [0.15, 0.2) is 0 Å². The number of aromatic nitrogens is 2. The maximum absolute atomic E-state index is 2.65. The number of fused-ring (bicyclic) bond motifs is 18. The Morgan fingerprint density at radius 3 is 1.01 bits per heavy atom. The van der Waals surface area contributed by atoms with Gasteiger partial charge < -0.3 is 18.6 Å². The van der Waals surface area contributed by atoms with Crippen molar-refractivity contribution in [3.63, 3.8) is 0 Å². The van der Waals surface area contributed by atoms with E-state index in [1.54, 1.807) is 0 Å². The van der Waals surface area contributed by atoms with Gasteiger partial charge in [-0.3, -0.25) is 0 Å². The molecule has 4 heteroatoms. The van der Waals surface area contributed by atoms with E-state index in [9.17, 15) is 0 Å². The van der Waals surface area contributed by atoms with Crippen LogP contribution in [0, 0.1) is 0 Å². The fourth-order valence-electron chi connectivity index (χ4n) is 16.6. The average Bonchev–Trinajstić information content (AvgIpc) is 1.50. The molecule has 4 heterocycles. The van der Waals surface area contributed by atoms with Gasteiger partial charge in [0.25, 0.3) is 0 Å². The number of hydrogen-bond donors (Lipinski definition) is 0. The third-order valence-electron chi connectivity index (χ3n) is 20.3. The lowest BCUT2D eigenvalue weighted by atomic mass is 9.82. The van der Waals surface area contributed by atoms with Gasteiger partial charge in [0.1, 0.15) is 0 Å². The number of nitrogens with zero attached hydrogens (tertiary/aromatic N) is 4. The highest BCUT2D eigenvalue weighted by Gasteiger charge is 2.39. The molecule has 0 atom stereocenters. The maximum atomic E-state index is 2.65. The molecule has 4 nitrogen and oxygen atoms in total. The van der Waals surface area contributed by atoms with Crippen LogP contribution >= 0.6 is 0 Å². The highest BCUT2D eigenvalue weighted by Crippen LogP contribution is 2.58. The smallest absolute Gasteiger partial charge is 0.0634 e. The fourth-order valence-corrected chi connectivity index (χ4v) is 16.6. The molecule has 19 rings (SSSR count). The van der Waals surface area contributed by atoms with Crippen LogP contribution in [0.1, 0.15) is 49.9 Å². The van der Waals surface area contributed by atoms with Crippen LogP contribution in [0.15, 0.2) is 279 Å². The van der Waals surface area contributed by atoms with Crippen molar-refractivity contribution in [1.82, 2.24) is 8.80 Å². The number of benzene rings is 13. The van der Waals surface area contributed by atoms with Crippen molar-refractivity contribution in [2.24, 2.45) is 0 Å². The minimum atomic E-state index is -0.103. The Balaban J connectivity index is 0.929. The number of hydrogen-bond acceptors (Lipinski definition) is 2. The summed E-state index contributed by atoms with van der Waals surface area (Å²) in [6.45, 7) is 9.46. The van der Waals surface area contributed by atoms with Gasteiger partial charge in [0.2, 0.25) is 0 Å². The highest BCUT2D eigenvalue weighted by molar-refractivity contribution is 6.39. The van der Waals surface area contributed by atoms with Crippen LogP contribution in [0.2, 0.25) is 0 Å². The summed E-state index contributed by atoms with van der Waals surface area (Å²) in [5, 5.41) is 9.87. The van der Waals surface area contributed by atoms with Gasteiger partial charge in [0, 0.05) is 87.8 Å². The van der Waals surface area contributed by atoms with Crippen LogP contribution in [0.25, 0.3) is 121 Å². The van der Waals surface area contributed by atoms with Crippen molar-refractivity contribution in [2.45, 2.75) is 38.5 Å². The molecule has 2 aliphatic rings. The van der Waals surface area contributed by atoms with E-state index in [-0.39, 0.29) is 10.8 Å². The molecule has 17 aromatic rings. The Bertz CT molecular complexity index is 5380. The molecule has 4 aromatic heterocycles. The van der Waals surface area contributed by atoms with Gasteiger partial charge in [-0.2, -0.15) is 0 Å². The van der Waals surface area contributed by atoms with Crippen molar-refractivity contribution in [1.29, 1.82) is 0 Å². The SMILES string of the molecule is CC1(C)c2ccccc2-c2cc(N(c3ccccc3)c3cccc4c3c3cccc5c6c(-c7ccccc7)c7c(c(-c8ccccc8)c6n4c35)c3cccc4c5c(N(c6ccccc6)c6ccc8c(c6)-c6ccccc6C8(C)C)cccc5n7c43)ccc21. The van der Waals surface area contributed by atoms with E-state index in [1.807, 2.05) is 0 Å². The van der Waals surface area contributed by atoms with Crippen molar-refractivity contribution < 1.29 is 0 Å². The molecule has 0 spiro atoms. The molecular weight excluding hydrogens is 1060 g/mol. The van der Waals surface area contributed by atoms with Crippen molar-refractivity contribution >= 4 is 110 Å². The first kappa shape index (κ1) is 49.3. The van der Waals surface area contributed by atoms with Gasteiger partial charge in [-0.05, 0) is 128 Å². The average molecular weight is 1120 g/mol. The Morgan fingerprint density at radius 2 is 0.602 bits per heavy atom. The van der Waals surface area contributed by atoms with E-state index in [4.69, 9.17) is 0 Å². The Morgan fingerprint density at radius 1 is 0.261 bits per heavy atom. The molecule has 0 aliphatic heterocycles. The lowest BCUT2D eigenvalue weighted by Crippen LogP contribution is -2.15. The topological polar surface area (TPSA) is 15.3 Å². The molecule has 13 aromatic carbocycles. The summed E-state index contributed by atoms with van der Waals surface area (Å²) in [4.78, 5) is 5.00. The summed E-state index contributed by atoms with van der Waals surface area (Å²) in [5.74, 6) is 0. The lowest BCUT2D eigenvalue weighted by Gasteiger charge is -2.28. The van der Waals surface area contributed by atoms with Gasteiger partial charge in [-0.15, -0.1) is 0 Å². The van der Waals surface area contributed by atoms with Crippen LogP contribution in [-0.2, 0) is 10.8 Å². The molecule has 2 aliphatic carbocycles. The molecule has 0 fully saturated rings. The predicted molar refractivity (Wildman–Crippen MR) is 371 cm³/mol. The predicted octanol–water partition coefficient (Wildman–Crippen LogP) is 22.9. The Kier molecular flexibility index (Phi) is 9.99. The zero-order valence-corrected chi connectivity index (χ0v) is 49.3. The van der Waals surface area contributed by atoms with E-state index >= 15 is 0 Å². The monoisotopic (exact) mass is 1120 g/mol. The van der Waals surface area contributed by atoms with Gasteiger partial charge >= 0.3 is 0 Å². The molecule has 0 amide bonds. The van der Waals surface area contributed by atoms with E-state index in [2.05, 4.69) is 325 Å². The lowest BCUT2D eigenvalue weighted by molar-refractivity contribution is 0.660. The number of anilines is 6. The summed E-state index contributed by atoms with van der Waals surface area (Å²) >= 11 is 0. The minimum absolute atomic E-state index is 0.103. The largest absolute Gasteiger partial charge is 0.310 e. The summed E-state index contributed by atoms with van der Waals surface area (Å²) in [7, 11) is 0. The van der Waals surface area contributed by atoms with Crippen LogP contribution in [0.4, 0.5) is 34.1 Å². The molecule has 0 N–H and O–H groups in total. The first-order valence-corrected chi connectivity index (χ1v) is 30.9. The first-order chi connectivity index (χ1) is 43.3. The quantitative estimate of drug-likeness (QED) is 0.151. The normalized spacial score (nSPS) is 13.9. The molecule has 0 bridgehead atoms. The van der Waals surface area contributed by atoms with E-state index in [1.165, 1.54) is 143 Å². The second-order valence-corrected chi connectivity index (χ2v) is 25.5. The highest BCUT2D eigenvalue weighted by atomic mass is 15.2. The van der Waals surface area contributed by atoms with Gasteiger partial charge in [-0.1, -0.05) is 234 Å². The van der Waals surface area contributed by atoms with E-state index in [0.717, 1.165) is 34.1 Å². The standard InChI is InChI=1S/C84H58N4/c1-83(2)65-39-19-17-33-57(65)63-49-55(45-47-67(63)83)85(53-29-13-7-14-30-53)69-41-23-43-71-75(69)59-35-21-37-61-77-74(52-27-11-6-12-28-52)82-78(73(51-25-9-5-10-26-51)81(77)87(71)79(59)61)62-38-22-36-60-76-70(42-24-44-72(76)88(82)80(60)62)86(54-31-15-8-16-32-54)56-46-48-68-64(50-56)58-34-18-20-40-66(58)84(68,3)4/h5-50H,1-4H3. The van der Waals surface area contributed by atoms with Gasteiger partial charge in [0.05, 0.1) is 44.5 Å². The second kappa shape index (κ2) is 17.8. The van der Waals surface area contributed by atoms with Crippen LogP contribution < -0.4 is 9.80 Å². The molecule has 0 radical (unpaired) electrons. The van der Waals surface area contributed by atoms with Crippen molar-refractivity contribution in [3.8, 4) is 44.5 Å². The van der Waals surface area contributed by atoms with E-state index in [0.29, 0.717) is 0 Å². The summed E-state index contributed by atoms with van der Waals surface area (Å²) < 4.78 is 5.30. The third kappa shape index (κ3) is 6.43. The van der Waals surface area contributed by atoms with Crippen molar-refractivity contribution in [2.75, 3.05) is 9.80 Å². The van der Waals surface area contributed by atoms with E-state index < -0.39 is 0 Å². The molecule has 0 saturated heterocycles. The second-order valence-electron chi connectivity index (χ2n) is 25.5.